The highest BCUT2D eigenvalue weighted by Gasteiger charge is 2.06. The molecular weight excluding hydrogens is 238 g/mol. The molecule has 0 amide bonds. The Morgan fingerprint density at radius 2 is 2.11 bits per heavy atom. The minimum Gasteiger partial charge on any atom is -0.354 e. The first-order valence-corrected chi connectivity index (χ1v) is 6.96. The quantitative estimate of drug-likeness (QED) is 0.610. The van der Waals surface area contributed by atoms with Crippen molar-refractivity contribution in [3.8, 4) is 0 Å². The molecule has 2 N–H and O–H groups in total. The van der Waals surface area contributed by atoms with Crippen LogP contribution in [0.25, 0.3) is 0 Å². The van der Waals surface area contributed by atoms with Crippen LogP contribution in [0, 0.1) is 5.92 Å². The maximum absolute atomic E-state index is 4.24. The maximum atomic E-state index is 4.24. The molecule has 1 unspecified atom stereocenters. The van der Waals surface area contributed by atoms with Gasteiger partial charge in [-0.2, -0.15) is 5.10 Å². The highest BCUT2D eigenvalue weighted by molar-refractivity contribution is 5.79. The van der Waals surface area contributed by atoms with Gasteiger partial charge in [0.2, 0.25) is 0 Å². The Bertz CT molecular complexity index is 394. The van der Waals surface area contributed by atoms with Crippen molar-refractivity contribution in [2.24, 2.45) is 18.0 Å². The summed E-state index contributed by atoms with van der Waals surface area (Å²) < 4.78 is 1.80. The Hall–Kier alpha value is -1.52. The predicted molar refractivity (Wildman–Crippen MR) is 80.1 cm³/mol. The SMILES string of the molecule is CN=C(NCc1cnn(C)c1)NC(C)CCC(C)C. The van der Waals surface area contributed by atoms with E-state index in [0.29, 0.717) is 6.04 Å². The summed E-state index contributed by atoms with van der Waals surface area (Å²) in [6.07, 6.45) is 6.25. The summed E-state index contributed by atoms with van der Waals surface area (Å²) in [5.41, 5.74) is 1.15. The fourth-order valence-corrected chi connectivity index (χ4v) is 1.83. The van der Waals surface area contributed by atoms with Crippen molar-refractivity contribution in [1.82, 2.24) is 20.4 Å². The molecule has 0 bridgehead atoms. The van der Waals surface area contributed by atoms with Crippen LogP contribution in [0.2, 0.25) is 0 Å². The fraction of sp³-hybridized carbons (Fsp3) is 0.714. The number of aliphatic imine (C=N–C) groups is 1. The van der Waals surface area contributed by atoms with Crippen LogP contribution in [0.4, 0.5) is 0 Å². The third-order valence-electron chi connectivity index (χ3n) is 3.00. The summed E-state index contributed by atoms with van der Waals surface area (Å²) in [5.74, 6) is 1.59. The Kier molecular flexibility index (Phi) is 6.39. The molecule has 5 nitrogen and oxygen atoms in total. The summed E-state index contributed by atoms with van der Waals surface area (Å²) in [6.45, 7) is 7.44. The second-order valence-corrected chi connectivity index (χ2v) is 5.46. The maximum Gasteiger partial charge on any atom is 0.191 e. The van der Waals surface area contributed by atoms with Gasteiger partial charge in [0.25, 0.3) is 0 Å². The van der Waals surface area contributed by atoms with E-state index < -0.39 is 0 Å². The first-order chi connectivity index (χ1) is 9.01. The molecule has 0 aromatic carbocycles. The smallest absolute Gasteiger partial charge is 0.191 e. The molecule has 19 heavy (non-hydrogen) atoms. The molecule has 108 valence electrons. The van der Waals surface area contributed by atoms with Gasteiger partial charge in [-0.05, 0) is 25.7 Å². The lowest BCUT2D eigenvalue weighted by molar-refractivity contribution is 0.489. The van der Waals surface area contributed by atoms with E-state index in [2.05, 4.69) is 41.5 Å². The molecule has 0 aliphatic heterocycles. The van der Waals surface area contributed by atoms with Crippen molar-refractivity contribution in [2.45, 2.75) is 46.2 Å². The van der Waals surface area contributed by atoms with Gasteiger partial charge in [-0.15, -0.1) is 0 Å². The number of nitrogens with zero attached hydrogens (tertiary/aromatic N) is 3. The third-order valence-corrected chi connectivity index (χ3v) is 3.00. The summed E-state index contributed by atoms with van der Waals surface area (Å²) >= 11 is 0. The molecule has 1 rings (SSSR count). The minimum absolute atomic E-state index is 0.433. The molecule has 1 atom stereocenters. The molecule has 0 aliphatic rings. The van der Waals surface area contributed by atoms with E-state index >= 15 is 0 Å². The number of hydrogen-bond donors (Lipinski definition) is 2. The topological polar surface area (TPSA) is 54.2 Å². The number of hydrogen-bond acceptors (Lipinski definition) is 2. The van der Waals surface area contributed by atoms with Gasteiger partial charge in [-0.1, -0.05) is 13.8 Å². The largest absolute Gasteiger partial charge is 0.354 e. The fourth-order valence-electron chi connectivity index (χ4n) is 1.83. The summed E-state index contributed by atoms with van der Waals surface area (Å²) in [7, 11) is 3.72. The van der Waals surface area contributed by atoms with E-state index in [1.54, 1.807) is 11.7 Å². The molecule has 1 aromatic heterocycles. The molecule has 5 heteroatoms. The molecule has 0 saturated heterocycles. The van der Waals surface area contributed by atoms with Crippen LogP contribution < -0.4 is 10.6 Å². The first kappa shape index (κ1) is 15.5. The zero-order valence-corrected chi connectivity index (χ0v) is 12.8. The number of guanidine groups is 1. The van der Waals surface area contributed by atoms with Crippen LogP contribution in [0.1, 0.15) is 39.2 Å². The molecule has 0 aliphatic carbocycles. The number of aromatic nitrogens is 2. The zero-order valence-electron chi connectivity index (χ0n) is 12.8. The molecule has 0 saturated carbocycles. The van der Waals surface area contributed by atoms with Gasteiger partial charge in [-0.3, -0.25) is 9.67 Å². The monoisotopic (exact) mass is 265 g/mol. The average Bonchev–Trinajstić information content (AvgIpc) is 2.77. The number of rotatable bonds is 6. The van der Waals surface area contributed by atoms with E-state index in [0.717, 1.165) is 30.4 Å². The van der Waals surface area contributed by atoms with Gasteiger partial charge in [0.05, 0.1) is 6.20 Å². The van der Waals surface area contributed by atoms with Crippen molar-refractivity contribution in [2.75, 3.05) is 7.05 Å². The van der Waals surface area contributed by atoms with Gasteiger partial charge in [0, 0.05) is 38.4 Å². The zero-order chi connectivity index (χ0) is 14.3. The van der Waals surface area contributed by atoms with E-state index in [1.165, 1.54) is 6.42 Å². The summed E-state index contributed by atoms with van der Waals surface area (Å²) in [6, 6.07) is 0.433. The highest BCUT2D eigenvalue weighted by Crippen LogP contribution is 2.06. The molecule has 0 spiro atoms. The Morgan fingerprint density at radius 3 is 2.63 bits per heavy atom. The lowest BCUT2D eigenvalue weighted by atomic mass is 10.0. The van der Waals surface area contributed by atoms with E-state index in [9.17, 15) is 0 Å². The molecule has 1 aromatic rings. The molecule has 0 radical (unpaired) electrons. The minimum atomic E-state index is 0.433. The molecule has 0 fully saturated rings. The van der Waals surface area contributed by atoms with Crippen molar-refractivity contribution in [3.05, 3.63) is 18.0 Å². The van der Waals surface area contributed by atoms with Crippen LogP contribution in [-0.2, 0) is 13.6 Å². The average molecular weight is 265 g/mol. The molecular formula is C14H27N5. The van der Waals surface area contributed by atoms with Crippen molar-refractivity contribution >= 4 is 5.96 Å². The van der Waals surface area contributed by atoms with E-state index in [1.807, 2.05) is 19.4 Å². The van der Waals surface area contributed by atoms with Gasteiger partial charge >= 0.3 is 0 Å². The van der Waals surface area contributed by atoms with E-state index in [-0.39, 0.29) is 0 Å². The van der Waals surface area contributed by atoms with Gasteiger partial charge in [-0.25, -0.2) is 0 Å². The van der Waals surface area contributed by atoms with Crippen LogP contribution in [-0.4, -0.2) is 28.8 Å². The van der Waals surface area contributed by atoms with Crippen LogP contribution in [0.15, 0.2) is 17.4 Å². The second-order valence-electron chi connectivity index (χ2n) is 5.46. The van der Waals surface area contributed by atoms with Crippen molar-refractivity contribution in [3.63, 3.8) is 0 Å². The van der Waals surface area contributed by atoms with E-state index in [4.69, 9.17) is 0 Å². The third kappa shape index (κ3) is 6.27. The van der Waals surface area contributed by atoms with Gasteiger partial charge < -0.3 is 10.6 Å². The Labute approximate surface area is 116 Å². The number of aryl methyl sites for hydroxylation is 1. The summed E-state index contributed by atoms with van der Waals surface area (Å²) in [4.78, 5) is 4.24. The first-order valence-electron chi connectivity index (χ1n) is 6.96. The molecule has 1 heterocycles. The van der Waals surface area contributed by atoms with Crippen molar-refractivity contribution in [1.29, 1.82) is 0 Å². The van der Waals surface area contributed by atoms with Gasteiger partial charge in [0.15, 0.2) is 5.96 Å². The van der Waals surface area contributed by atoms with Crippen LogP contribution in [0.5, 0.6) is 0 Å². The normalized spacial score (nSPS) is 13.7. The standard InChI is InChI=1S/C14H27N5/c1-11(2)6-7-12(3)18-14(15-4)16-8-13-9-17-19(5)10-13/h9-12H,6-8H2,1-5H3,(H2,15,16,18). The lowest BCUT2D eigenvalue weighted by Gasteiger charge is -2.18. The van der Waals surface area contributed by atoms with Crippen molar-refractivity contribution < 1.29 is 0 Å². The lowest BCUT2D eigenvalue weighted by Crippen LogP contribution is -2.41. The Balaban J connectivity index is 2.33. The summed E-state index contributed by atoms with van der Waals surface area (Å²) in [5, 5.41) is 10.9. The number of nitrogens with one attached hydrogen (secondary N) is 2. The second kappa shape index (κ2) is 7.81. The van der Waals surface area contributed by atoms with Gasteiger partial charge in [0.1, 0.15) is 0 Å². The van der Waals surface area contributed by atoms with Crippen LogP contribution in [0.3, 0.4) is 0 Å². The van der Waals surface area contributed by atoms with Crippen LogP contribution >= 0.6 is 0 Å². The highest BCUT2D eigenvalue weighted by atomic mass is 15.2. The predicted octanol–water partition coefficient (Wildman–Crippen LogP) is 1.91. The Morgan fingerprint density at radius 1 is 1.37 bits per heavy atom.